The van der Waals surface area contributed by atoms with Crippen molar-refractivity contribution >= 4 is 16.6 Å². The van der Waals surface area contributed by atoms with Crippen LogP contribution in [0.25, 0.3) is 16.6 Å². The molecule has 0 spiro atoms. The lowest BCUT2D eigenvalue weighted by atomic mass is 10.2. The van der Waals surface area contributed by atoms with Gasteiger partial charge in [0.05, 0.1) is 18.3 Å². The first kappa shape index (κ1) is 11.0. The Hall–Kier alpha value is -2.07. The number of pyridine rings is 1. The van der Waals surface area contributed by atoms with Crippen molar-refractivity contribution in [1.82, 2.24) is 9.38 Å². The number of imidazole rings is 1. The van der Waals surface area contributed by atoms with E-state index in [1.807, 2.05) is 24.4 Å². The number of methoxy groups -OCH3 is 1. The third kappa shape index (κ3) is 1.71. The summed E-state index contributed by atoms with van der Waals surface area (Å²) in [7, 11) is 1.68. The molecule has 2 aromatic heterocycles. The Morgan fingerprint density at radius 1 is 1.28 bits per heavy atom. The standard InChI is InChI=1S/C14H15N3O/c1-18-12-4-2-10-3-5-14-16-11(6-7-15)9-17(14)13(10)8-12/h2-5,8-9H,6-7,15H2,1H3. The maximum absolute atomic E-state index is 5.57. The topological polar surface area (TPSA) is 52.5 Å². The van der Waals surface area contributed by atoms with Crippen molar-refractivity contribution in [3.63, 3.8) is 0 Å². The summed E-state index contributed by atoms with van der Waals surface area (Å²) in [6.07, 6.45) is 2.84. The van der Waals surface area contributed by atoms with Gasteiger partial charge in [-0.05, 0) is 36.2 Å². The van der Waals surface area contributed by atoms with E-state index in [9.17, 15) is 0 Å². The molecule has 3 aromatic rings. The third-order valence-electron chi connectivity index (χ3n) is 3.09. The van der Waals surface area contributed by atoms with Crippen LogP contribution in [-0.4, -0.2) is 23.0 Å². The summed E-state index contributed by atoms with van der Waals surface area (Å²) >= 11 is 0. The van der Waals surface area contributed by atoms with Gasteiger partial charge in [0.15, 0.2) is 0 Å². The smallest absolute Gasteiger partial charge is 0.137 e. The molecule has 1 aromatic carbocycles. The van der Waals surface area contributed by atoms with Gasteiger partial charge >= 0.3 is 0 Å². The van der Waals surface area contributed by atoms with Crippen molar-refractivity contribution in [2.45, 2.75) is 6.42 Å². The monoisotopic (exact) mass is 241 g/mol. The first-order valence-corrected chi connectivity index (χ1v) is 5.96. The molecule has 0 saturated carbocycles. The Kier molecular flexibility index (Phi) is 2.64. The fraction of sp³-hybridized carbons (Fsp3) is 0.214. The Balaban J connectivity index is 2.28. The van der Waals surface area contributed by atoms with Gasteiger partial charge in [-0.3, -0.25) is 4.40 Å². The quantitative estimate of drug-likeness (QED) is 0.763. The molecule has 2 heterocycles. The van der Waals surface area contributed by atoms with Crippen LogP contribution in [0.4, 0.5) is 0 Å². The zero-order chi connectivity index (χ0) is 12.5. The van der Waals surface area contributed by atoms with Crippen molar-refractivity contribution in [3.05, 3.63) is 42.2 Å². The van der Waals surface area contributed by atoms with Crippen molar-refractivity contribution in [2.24, 2.45) is 5.73 Å². The van der Waals surface area contributed by atoms with E-state index in [1.54, 1.807) is 7.11 Å². The molecule has 4 nitrogen and oxygen atoms in total. The van der Waals surface area contributed by atoms with Crippen LogP contribution in [-0.2, 0) is 6.42 Å². The minimum Gasteiger partial charge on any atom is -0.497 e. The molecule has 0 atom stereocenters. The molecule has 0 radical (unpaired) electrons. The van der Waals surface area contributed by atoms with Gasteiger partial charge in [0.1, 0.15) is 11.4 Å². The van der Waals surface area contributed by atoms with Gasteiger partial charge < -0.3 is 10.5 Å². The molecule has 0 aliphatic carbocycles. The maximum atomic E-state index is 5.57. The van der Waals surface area contributed by atoms with E-state index >= 15 is 0 Å². The fourth-order valence-electron chi connectivity index (χ4n) is 2.19. The lowest BCUT2D eigenvalue weighted by molar-refractivity contribution is 0.415. The molecule has 0 unspecified atom stereocenters. The van der Waals surface area contributed by atoms with Gasteiger partial charge in [-0.1, -0.05) is 0 Å². The van der Waals surface area contributed by atoms with Gasteiger partial charge in [-0.25, -0.2) is 4.98 Å². The number of rotatable bonds is 3. The van der Waals surface area contributed by atoms with Crippen molar-refractivity contribution < 1.29 is 4.74 Å². The molecule has 0 bridgehead atoms. The normalized spacial score (nSPS) is 11.2. The highest BCUT2D eigenvalue weighted by Crippen LogP contribution is 2.22. The van der Waals surface area contributed by atoms with Crippen LogP contribution >= 0.6 is 0 Å². The summed E-state index contributed by atoms with van der Waals surface area (Å²) < 4.78 is 7.36. The molecule has 0 saturated heterocycles. The highest BCUT2D eigenvalue weighted by Gasteiger charge is 2.05. The van der Waals surface area contributed by atoms with Crippen LogP contribution < -0.4 is 10.5 Å². The second kappa shape index (κ2) is 4.31. The van der Waals surface area contributed by atoms with E-state index in [4.69, 9.17) is 10.5 Å². The van der Waals surface area contributed by atoms with E-state index in [0.29, 0.717) is 6.54 Å². The van der Waals surface area contributed by atoms with Crippen LogP contribution in [0.5, 0.6) is 5.75 Å². The van der Waals surface area contributed by atoms with Crippen molar-refractivity contribution in [1.29, 1.82) is 0 Å². The summed E-state index contributed by atoms with van der Waals surface area (Å²) in [6.45, 7) is 0.616. The minimum absolute atomic E-state index is 0.616. The number of ether oxygens (including phenoxy) is 1. The van der Waals surface area contributed by atoms with E-state index < -0.39 is 0 Å². The predicted octanol–water partition coefficient (Wildman–Crippen LogP) is 2.00. The van der Waals surface area contributed by atoms with Crippen LogP contribution in [0.3, 0.4) is 0 Å². The Bertz CT molecular complexity index is 703. The second-order valence-electron chi connectivity index (χ2n) is 4.26. The number of nitrogens with zero attached hydrogens (tertiary/aromatic N) is 2. The Morgan fingerprint density at radius 2 is 2.11 bits per heavy atom. The van der Waals surface area contributed by atoms with E-state index in [-0.39, 0.29) is 0 Å². The van der Waals surface area contributed by atoms with Crippen molar-refractivity contribution in [2.75, 3.05) is 13.7 Å². The molecule has 0 fully saturated rings. The van der Waals surface area contributed by atoms with Gasteiger partial charge in [0.25, 0.3) is 0 Å². The number of aromatic nitrogens is 2. The molecule has 0 aliphatic heterocycles. The number of hydrogen-bond acceptors (Lipinski definition) is 3. The van der Waals surface area contributed by atoms with Crippen LogP contribution in [0.1, 0.15) is 5.69 Å². The highest BCUT2D eigenvalue weighted by molar-refractivity contribution is 5.83. The lowest BCUT2D eigenvalue weighted by Gasteiger charge is -2.04. The number of hydrogen-bond donors (Lipinski definition) is 1. The molecule has 4 heteroatoms. The van der Waals surface area contributed by atoms with Crippen molar-refractivity contribution in [3.8, 4) is 5.75 Å². The fourth-order valence-corrected chi connectivity index (χ4v) is 2.19. The summed E-state index contributed by atoms with van der Waals surface area (Å²) in [4.78, 5) is 4.55. The molecular weight excluding hydrogens is 226 g/mol. The summed E-state index contributed by atoms with van der Waals surface area (Å²) in [6, 6.07) is 10.1. The average Bonchev–Trinajstić information content (AvgIpc) is 2.81. The molecule has 18 heavy (non-hydrogen) atoms. The Morgan fingerprint density at radius 3 is 2.89 bits per heavy atom. The summed E-state index contributed by atoms with van der Waals surface area (Å²) in [5.41, 5.74) is 8.64. The molecule has 92 valence electrons. The zero-order valence-electron chi connectivity index (χ0n) is 10.3. The largest absolute Gasteiger partial charge is 0.497 e. The molecule has 0 aliphatic rings. The Labute approximate surface area is 105 Å². The minimum atomic E-state index is 0.616. The second-order valence-corrected chi connectivity index (χ2v) is 4.26. The van der Waals surface area contributed by atoms with Gasteiger partial charge in [-0.2, -0.15) is 0 Å². The van der Waals surface area contributed by atoms with Crippen LogP contribution in [0.15, 0.2) is 36.5 Å². The summed E-state index contributed by atoms with van der Waals surface area (Å²) in [5, 5.41) is 1.17. The predicted molar refractivity (Wildman–Crippen MR) is 72.0 cm³/mol. The van der Waals surface area contributed by atoms with Gasteiger partial charge in [0.2, 0.25) is 0 Å². The number of nitrogens with two attached hydrogens (primary N) is 1. The van der Waals surface area contributed by atoms with Gasteiger partial charge in [0, 0.05) is 18.7 Å². The highest BCUT2D eigenvalue weighted by atomic mass is 16.5. The number of benzene rings is 1. The average molecular weight is 241 g/mol. The van der Waals surface area contributed by atoms with Crippen LogP contribution in [0.2, 0.25) is 0 Å². The maximum Gasteiger partial charge on any atom is 0.137 e. The first-order chi connectivity index (χ1) is 8.81. The summed E-state index contributed by atoms with van der Waals surface area (Å²) in [5.74, 6) is 0.851. The van der Waals surface area contributed by atoms with E-state index in [1.165, 1.54) is 5.39 Å². The molecule has 0 amide bonds. The van der Waals surface area contributed by atoms with E-state index in [2.05, 4.69) is 21.5 Å². The molecular formula is C14H15N3O. The SMILES string of the molecule is COc1ccc2ccc3nc(CCN)cn3c2c1. The van der Waals surface area contributed by atoms with Gasteiger partial charge in [-0.15, -0.1) is 0 Å². The number of fused-ring (bicyclic) bond motifs is 3. The first-order valence-electron chi connectivity index (χ1n) is 5.96. The zero-order valence-corrected chi connectivity index (χ0v) is 10.3. The van der Waals surface area contributed by atoms with E-state index in [0.717, 1.165) is 29.0 Å². The lowest BCUT2D eigenvalue weighted by Crippen LogP contribution is -2.02. The molecule has 2 N–H and O–H groups in total. The molecule has 3 rings (SSSR count). The third-order valence-corrected chi connectivity index (χ3v) is 3.09. The van der Waals surface area contributed by atoms with Crippen LogP contribution in [0, 0.1) is 0 Å².